The third-order valence-electron chi connectivity index (χ3n) is 4.11. The van der Waals surface area contributed by atoms with Crippen molar-refractivity contribution in [3.05, 3.63) is 47.3 Å². The van der Waals surface area contributed by atoms with Gasteiger partial charge >= 0.3 is 0 Å². The van der Waals surface area contributed by atoms with Crippen molar-refractivity contribution in [1.29, 1.82) is 0 Å². The third-order valence-corrected chi connectivity index (χ3v) is 6.02. The van der Waals surface area contributed by atoms with E-state index in [4.69, 9.17) is 4.74 Å². The Morgan fingerprint density at radius 3 is 2.54 bits per heavy atom. The van der Waals surface area contributed by atoms with Gasteiger partial charge in [0.05, 0.1) is 24.3 Å². The fourth-order valence-corrected chi connectivity index (χ4v) is 4.02. The lowest BCUT2D eigenvalue weighted by Gasteiger charge is -2.26. The molecule has 1 aromatic heterocycles. The van der Waals surface area contributed by atoms with Crippen LogP contribution >= 0.6 is 0 Å². The molecule has 1 aliphatic rings. The van der Waals surface area contributed by atoms with E-state index in [1.165, 1.54) is 4.31 Å². The van der Waals surface area contributed by atoms with Crippen molar-refractivity contribution in [1.82, 2.24) is 19.8 Å². The van der Waals surface area contributed by atoms with Crippen LogP contribution in [0.1, 0.15) is 16.8 Å². The van der Waals surface area contributed by atoms with Crippen molar-refractivity contribution < 1.29 is 13.2 Å². The predicted octanol–water partition coefficient (Wildman–Crippen LogP) is 1.03. The molecule has 0 spiro atoms. The van der Waals surface area contributed by atoms with Crippen LogP contribution in [0.3, 0.4) is 0 Å². The minimum absolute atomic E-state index is 0.332. The van der Waals surface area contributed by atoms with E-state index in [1.807, 2.05) is 19.1 Å². The Kier molecular flexibility index (Phi) is 5.30. The van der Waals surface area contributed by atoms with Crippen molar-refractivity contribution in [3.8, 4) is 0 Å². The number of aromatic nitrogens is 2. The summed E-state index contributed by atoms with van der Waals surface area (Å²) in [6, 6.07) is 7.04. The number of aromatic amines is 1. The van der Waals surface area contributed by atoms with Crippen molar-refractivity contribution in [3.63, 3.8) is 0 Å². The zero-order valence-corrected chi connectivity index (χ0v) is 14.5. The van der Waals surface area contributed by atoms with E-state index in [0.717, 1.165) is 23.4 Å². The predicted molar refractivity (Wildman–Crippen MR) is 89.9 cm³/mol. The molecule has 0 aliphatic carbocycles. The van der Waals surface area contributed by atoms with Gasteiger partial charge in [-0.1, -0.05) is 12.1 Å². The van der Waals surface area contributed by atoms with Gasteiger partial charge in [0.25, 0.3) is 0 Å². The minimum Gasteiger partial charge on any atom is -0.379 e. The van der Waals surface area contributed by atoms with Gasteiger partial charge in [-0.15, -0.1) is 0 Å². The average Bonchev–Trinajstić information content (AvgIpc) is 3.01. The normalized spacial score (nSPS) is 16.4. The number of H-pyrrole nitrogens is 1. The van der Waals surface area contributed by atoms with Crippen LogP contribution in [0.4, 0.5) is 0 Å². The second-order valence-electron chi connectivity index (χ2n) is 5.78. The summed E-state index contributed by atoms with van der Waals surface area (Å²) < 4.78 is 31.8. The first-order chi connectivity index (χ1) is 11.6. The number of aryl methyl sites for hydroxylation is 1. The van der Waals surface area contributed by atoms with Gasteiger partial charge in [-0.25, -0.2) is 8.42 Å². The summed E-state index contributed by atoms with van der Waals surface area (Å²) in [4.78, 5) is 0.332. The lowest BCUT2D eigenvalue weighted by atomic mass is 10.2. The number of hydrogen-bond acceptors (Lipinski definition) is 5. The highest BCUT2D eigenvalue weighted by molar-refractivity contribution is 7.89. The van der Waals surface area contributed by atoms with Gasteiger partial charge in [0.15, 0.2) is 0 Å². The minimum atomic E-state index is -3.42. The van der Waals surface area contributed by atoms with Crippen LogP contribution in [-0.2, 0) is 27.8 Å². The summed E-state index contributed by atoms with van der Waals surface area (Å²) in [5, 5.41) is 10.2. The molecule has 1 aliphatic heterocycles. The summed E-state index contributed by atoms with van der Waals surface area (Å²) in [5.74, 6) is 0. The number of benzene rings is 1. The van der Waals surface area contributed by atoms with Crippen LogP contribution < -0.4 is 5.32 Å². The zero-order valence-electron chi connectivity index (χ0n) is 13.7. The maximum atomic E-state index is 12.5. The Morgan fingerprint density at radius 1 is 1.21 bits per heavy atom. The van der Waals surface area contributed by atoms with Gasteiger partial charge < -0.3 is 10.1 Å². The van der Waals surface area contributed by atoms with Crippen LogP contribution in [0.25, 0.3) is 0 Å². The van der Waals surface area contributed by atoms with Gasteiger partial charge in [0.1, 0.15) is 0 Å². The van der Waals surface area contributed by atoms with E-state index in [-0.39, 0.29) is 0 Å². The SMILES string of the molecule is Cc1[nH]ncc1CNCc1ccc(S(=O)(=O)N2CCOCC2)cc1. The van der Waals surface area contributed by atoms with Crippen molar-refractivity contribution in [2.45, 2.75) is 24.9 Å². The first-order valence-electron chi connectivity index (χ1n) is 7.94. The molecular formula is C16H22N4O3S. The zero-order chi connectivity index (χ0) is 17.0. The first-order valence-corrected chi connectivity index (χ1v) is 9.38. The monoisotopic (exact) mass is 350 g/mol. The molecule has 0 atom stereocenters. The molecule has 0 saturated carbocycles. The summed E-state index contributed by atoms with van der Waals surface area (Å²) in [7, 11) is -3.42. The molecule has 130 valence electrons. The Morgan fingerprint density at radius 2 is 1.92 bits per heavy atom. The molecule has 1 fully saturated rings. The number of morpholine rings is 1. The van der Waals surface area contributed by atoms with Gasteiger partial charge in [-0.05, 0) is 24.6 Å². The van der Waals surface area contributed by atoms with E-state index in [2.05, 4.69) is 15.5 Å². The Labute approximate surface area is 142 Å². The first kappa shape index (κ1) is 17.1. The number of sulfonamides is 1. The van der Waals surface area contributed by atoms with Crippen LogP contribution in [0, 0.1) is 6.92 Å². The smallest absolute Gasteiger partial charge is 0.243 e. The highest BCUT2D eigenvalue weighted by Crippen LogP contribution is 2.17. The lowest BCUT2D eigenvalue weighted by molar-refractivity contribution is 0.0730. The average molecular weight is 350 g/mol. The van der Waals surface area contributed by atoms with Crippen LogP contribution in [-0.4, -0.2) is 49.2 Å². The number of nitrogens with one attached hydrogen (secondary N) is 2. The summed E-state index contributed by atoms with van der Waals surface area (Å²) in [5.41, 5.74) is 3.22. The standard InChI is InChI=1S/C16H22N4O3S/c1-13-15(12-18-19-13)11-17-10-14-2-4-16(5-3-14)24(21,22)20-6-8-23-9-7-20/h2-5,12,17H,6-11H2,1H3,(H,18,19). The van der Waals surface area contributed by atoms with E-state index in [9.17, 15) is 8.42 Å². The fraction of sp³-hybridized carbons (Fsp3) is 0.438. The summed E-state index contributed by atoms with van der Waals surface area (Å²) in [6.07, 6.45) is 1.81. The maximum absolute atomic E-state index is 12.5. The molecule has 3 rings (SSSR count). The number of hydrogen-bond donors (Lipinski definition) is 2. The van der Waals surface area contributed by atoms with Gasteiger partial charge in [0.2, 0.25) is 10.0 Å². The molecule has 2 heterocycles. The molecule has 1 aromatic carbocycles. The fourth-order valence-electron chi connectivity index (χ4n) is 2.61. The van der Waals surface area contributed by atoms with Gasteiger partial charge in [-0.3, -0.25) is 5.10 Å². The van der Waals surface area contributed by atoms with E-state index >= 15 is 0 Å². The molecule has 0 bridgehead atoms. The van der Waals surface area contributed by atoms with Crippen LogP contribution in [0.15, 0.2) is 35.4 Å². The van der Waals surface area contributed by atoms with Crippen molar-refractivity contribution in [2.75, 3.05) is 26.3 Å². The molecule has 0 unspecified atom stereocenters. The van der Waals surface area contributed by atoms with Crippen molar-refractivity contribution in [2.24, 2.45) is 0 Å². The molecule has 2 N–H and O–H groups in total. The molecule has 8 heteroatoms. The van der Waals surface area contributed by atoms with E-state index < -0.39 is 10.0 Å². The Bertz CT molecular complexity index is 765. The van der Waals surface area contributed by atoms with Crippen LogP contribution in [0.5, 0.6) is 0 Å². The second-order valence-corrected chi connectivity index (χ2v) is 7.72. The maximum Gasteiger partial charge on any atom is 0.243 e. The molecular weight excluding hydrogens is 328 g/mol. The molecule has 0 amide bonds. The summed E-state index contributed by atoms with van der Waals surface area (Å²) in [6.45, 7) is 5.10. The molecule has 24 heavy (non-hydrogen) atoms. The molecule has 2 aromatic rings. The lowest BCUT2D eigenvalue weighted by Crippen LogP contribution is -2.40. The number of rotatable bonds is 6. The molecule has 0 radical (unpaired) electrons. The Hall–Kier alpha value is -1.74. The highest BCUT2D eigenvalue weighted by atomic mass is 32.2. The van der Waals surface area contributed by atoms with Crippen molar-refractivity contribution >= 4 is 10.0 Å². The Balaban J connectivity index is 1.59. The van der Waals surface area contributed by atoms with Crippen LogP contribution in [0.2, 0.25) is 0 Å². The van der Waals surface area contributed by atoms with E-state index in [1.54, 1.807) is 18.3 Å². The number of nitrogens with zero attached hydrogens (tertiary/aromatic N) is 2. The molecule has 1 saturated heterocycles. The molecule has 7 nitrogen and oxygen atoms in total. The van der Waals surface area contributed by atoms with E-state index in [0.29, 0.717) is 37.7 Å². The van der Waals surface area contributed by atoms with Gasteiger partial charge in [0, 0.05) is 37.4 Å². The quantitative estimate of drug-likeness (QED) is 0.812. The second kappa shape index (κ2) is 7.43. The number of ether oxygens (including phenoxy) is 1. The topological polar surface area (TPSA) is 87.3 Å². The third kappa shape index (κ3) is 3.84. The summed E-state index contributed by atoms with van der Waals surface area (Å²) >= 11 is 0. The van der Waals surface area contributed by atoms with Gasteiger partial charge in [-0.2, -0.15) is 9.40 Å². The largest absolute Gasteiger partial charge is 0.379 e. The highest BCUT2D eigenvalue weighted by Gasteiger charge is 2.25.